The average Bonchev–Trinajstić information content (AvgIpc) is 3.12. The second-order valence-electron chi connectivity index (χ2n) is 7.89. The smallest absolute Gasteiger partial charge is 0.247 e. The Kier molecular flexibility index (Phi) is 9.82. The van der Waals surface area contributed by atoms with E-state index in [2.05, 4.69) is 17.2 Å². The minimum Gasteiger partial charge on any atom is -0.495 e. The number of nitrogens with one attached hydrogen (secondary N) is 1. The van der Waals surface area contributed by atoms with Gasteiger partial charge in [-0.05, 0) is 49.7 Å². The number of aliphatic imine (C=N–C) groups is 1. The van der Waals surface area contributed by atoms with Crippen LogP contribution in [0.1, 0.15) is 46.0 Å². The molecule has 0 saturated carbocycles. The van der Waals surface area contributed by atoms with Crippen LogP contribution in [-0.4, -0.2) is 42.5 Å². The van der Waals surface area contributed by atoms with Crippen LogP contribution in [0.25, 0.3) is 0 Å². The first kappa shape index (κ1) is 25.6. The number of amides is 2. The Balaban J connectivity index is 1.63. The Bertz CT molecular complexity index is 994. The Morgan fingerprint density at radius 1 is 1.09 bits per heavy atom. The number of carbonyl (C=O) groups excluding carboxylic acids is 2. The van der Waals surface area contributed by atoms with Crippen molar-refractivity contribution >= 4 is 40.1 Å². The van der Waals surface area contributed by atoms with Gasteiger partial charge in [0.05, 0.1) is 25.1 Å². The van der Waals surface area contributed by atoms with E-state index in [1.54, 1.807) is 19.2 Å². The van der Waals surface area contributed by atoms with E-state index in [1.165, 1.54) is 29.5 Å². The Labute approximate surface area is 205 Å². The van der Waals surface area contributed by atoms with E-state index in [-0.39, 0.29) is 18.2 Å². The molecule has 0 spiro atoms. The Hall–Kier alpha value is -3.00. The highest BCUT2D eigenvalue weighted by Gasteiger charge is 2.40. The summed E-state index contributed by atoms with van der Waals surface area (Å²) in [4.78, 5) is 31.6. The van der Waals surface area contributed by atoms with Crippen LogP contribution in [0.3, 0.4) is 0 Å². The van der Waals surface area contributed by atoms with Crippen LogP contribution in [0.5, 0.6) is 11.5 Å². The molecule has 0 bridgehead atoms. The zero-order valence-electron chi connectivity index (χ0n) is 20.1. The third-order valence-electron chi connectivity index (χ3n) is 5.37. The topological polar surface area (TPSA) is 80.2 Å². The normalized spacial score (nSPS) is 16.1. The van der Waals surface area contributed by atoms with Gasteiger partial charge < -0.3 is 14.8 Å². The molecule has 1 aliphatic heterocycles. The maximum atomic E-state index is 13.1. The van der Waals surface area contributed by atoms with Crippen LogP contribution in [-0.2, 0) is 9.59 Å². The quantitative estimate of drug-likeness (QED) is 0.197. The summed E-state index contributed by atoms with van der Waals surface area (Å²) < 4.78 is 11.2. The summed E-state index contributed by atoms with van der Waals surface area (Å²) in [6.07, 6.45) is 4.69. The predicted octanol–water partition coefficient (Wildman–Crippen LogP) is 5.51. The Morgan fingerprint density at radius 2 is 1.85 bits per heavy atom. The number of unbranched alkanes of at least 4 members (excludes halogenated alkanes) is 3. The molecule has 1 N–H and O–H groups in total. The van der Waals surface area contributed by atoms with Crippen LogP contribution in [0.15, 0.2) is 53.5 Å². The van der Waals surface area contributed by atoms with Crippen molar-refractivity contribution in [3.05, 3.63) is 48.5 Å². The molecular formula is C26H33N3O4S. The van der Waals surface area contributed by atoms with Gasteiger partial charge in [-0.15, -0.1) is 0 Å². The van der Waals surface area contributed by atoms with Crippen molar-refractivity contribution in [2.24, 2.45) is 4.99 Å². The van der Waals surface area contributed by atoms with Crippen LogP contribution < -0.4 is 19.7 Å². The molecule has 8 heteroatoms. The standard InChI is InChI=1S/C26H33N3O4S/c1-4-6-7-10-17-33-20-15-13-19(14-16-20)29-24(30)18-23(25(29)31)34-26(27-5-2)28-21-11-8-9-12-22(21)32-3/h8-9,11-16,23H,4-7,10,17-18H2,1-3H3,(H,27,28)/t23-/m1/s1. The van der Waals surface area contributed by atoms with Gasteiger partial charge in [0.15, 0.2) is 5.17 Å². The molecule has 182 valence electrons. The molecule has 1 saturated heterocycles. The molecule has 1 fully saturated rings. The second-order valence-corrected chi connectivity index (χ2v) is 9.08. The third kappa shape index (κ3) is 6.76. The van der Waals surface area contributed by atoms with E-state index in [4.69, 9.17) is 9.47 Å². The lowest BCUT2D eigenvalue weighted by atomic mass is 10.2. The number of imide groups is 1. The van der Waals surface area contributed by atoms with Gasteiger partial charge in [0.1, 0.15) is 16.7 Å². The summed E-state index contributed by atoms with van der Waals surface area (Å²) in [5.74, 6) is 0.955. The van der Waals surface area contributed by atoms with Gasteiger partial charge >= 0.3 is 0 Å². The van der Waals surface area contributed by atoms with Crippen molar-refractivity contribution in [3.8, 4) is 11.5 Å². The summed E-state index contributed by atoms with van der Waals surface area (Å²) in [6.45, 7) is 5.31. The van der Waals surface area contributed by atoms with Gasteiger partial charge in [-0.3, -0.25) is 14.6 Å². The summed E-state index contributed by atoms with van der Waals surface area (Å²) >= 11 is 1.27. The van der Waals surface area contributed by atoms with Crippen molar-refractivity contribution in [1.29, 1.82) is 0 Å². The number of nitrogens with zero attached hydrogens (tertiary/aromatic N) is 2. The van der Waals surface area contributed by atoms with Crippen LogP contribution >= 0.6 is 11.8 Å². The van der Waals surface area contributed by atoms with Gasteiger partial charge in [-0.25, -0.2) is 4.90 Å². The molecule has 7 nitrogen and oxygen atoms in total. The summed E-state index contributed by atoms with van der Waals surface area (Å²) in [5, 5.41) is 3.27. The highest BCUT2D eigenvalue weighted by atomic mass is 32.2. The number of amidine groups is 1. The fourth-order valence-electron chi connectivity index (χ4n) is 3.63. The lowest BCUT2D eigenvalue weighted by Gasteiger charge is -2.17. The highest BCUT2D eigenvalue weighted by molar-refractivity contribution is 8.15. The summed E-state index contributed by atoms with van der Waals surface area (Å²) in [7, 11) is 1.60. The number of hydrogen-bond donors (Lipinski definition) is 1. The van der Waals surface area contributed by atoms with E-state index in [1.807, 2.05) is 43.3 Å². The van der Waals surface area contributed by atoms with E-state index >= 15 is 0 Å². The van der Waals surface area contributed by atoms with Crippen molar-refractivity contribution in [3.63, 3.8) is 0 Å². The molecule has 0 unspecified atom stereocenters. The molecule has 0 aliphatic carbocycles. The van der Waals surface area contributed by atoms with E-state index in [0.29, 0.717) is 29.8 Å². The Morgan fingerprint density at radius 3 is 2.56 bits per heavy atom. The monoisotopic (exact) mass is 483 g/mol. The molecule has 3 rings (SSSR count). The molecule has 1 heterocycles. The number of hydrogen-bond acceptors (Lipinski definition) is 6. The lowest BCUT2D eigenvalue weighted by Crippen LogP contribution is -2.31. The predicted molar refractivity (Wildman–Crippen MR) is 139 cm³/mol. The first-order valence-electron chi connectivity index (χ1n) is 11.8. The van der Waals surface area contributed by atoms with Gasteiger partial charge in [0.2, 0.25) is 11.8 Å². The number of methoxy groups -OCH3 is 1. The van der Waals surface area contributed by atoms with Crippen LogP contribution in [0, 0.1) is 0 Å². The maximum absolute atomic E-state index is 13.1. The fourth-order valence-corrected chi connectivity index (χ4v) is 4.70. The average molecular weight is 484 g/mol. The zero-order valence-corrected chi connectivity index (χ0v) is 20.9. The number of carbonyl (C=O) groups is 2. The van der Waals surface area contributed by atoms with Crippen LogP contribution in [0.2, 0.25) is 0 Å². The SMILES string of the molecule is CCCCCCOc1ccc(N2C(=O)C[C@@H](SC(=NCC)Nc3ccccc3OC)C2=O)cc1. The van der Waals surface area contributed by atoms with E-state index in [9.17, 15) is 9.59 Å². The first-order valence-corrected chi connectivity index (χ1v) is 12.7. The van der Waals surface area contributed by atoms with Crippen molar-refractivity contribution < 1.29 is 19.1 Å². The van der Waals surface area contributed by atoms with Crippen LogP contribution in [0.4, 0.5) is 11.4 Å². The van der Waals surface area contributed by atoms with E-state index < -0.39 is 5.25 Å². The molecule has 0 aromatic heterocycles. The summed E-state index contributed by atoms with van der Waals surface area (Å²) in [5.41, 5.74) is 1.31. The maximum Gasteiger partial charge on any atom is 0.247 e. The number of rotatable bonds is 11. The second kappa shape index (κ2) is 13.0. The minimum absolute atomic E-state index is 0.121. The third-order valence-corrected chi connectivity index (χ3v) is 6.48. The van der Waals surface area contributed by atoms with Crippen molar-refractivity contribution in [2.75, 3.05) is 30.5 Å². The first-order chi connectivity index (χ1) is 16.6. The number of anilines is 2. The molecule has 2 aromatic carbocycles. The highest BCUT2D eigenvalue weighted by Crippen LogP contribution is 2.32. The van der Waals surface area contributed by atoms with E-state index in [0.717, 1.165) is 24.3 Å². The number of benzene rings is 2. The molecule has 0 radical (unpaired) electrons. The molecule has 1 atom stereocenters. The van der Waals surface area contributed by atoms with Gasteiger partial charge in [-0.2, -0.15) is 0 Å². The number of para-hydroxylation sites is 2. The number of thioether (sulfide) groups is 1. The van der Waals surface area contributed by atoms with Gasteiger partial charge in [0.25, 0.3) is 0 Å². The molecule has 2 amide bonds. The van der Waals surface area contributed by atoms with Crippen molar-refractivity contribution in [2.45, 2.75) is 51.2 Å². The molecular weight excluding hydrogens is 450 g/mol. The zero-order chi connectivity index (χ0) is 24.3. The van der Waals surface area contributed by atoms with Crippen molar-refractivity contribution in [1.82, 2.24) is 0 Å². The minimum atomic E-state index is -0.547. The molecule has 2 aromatic rings. The van der Waals surface area contributed by atoms with Gasteiger partial charge in [-0.1, -0.05) is 50.1 Å². The molecule has 34 heavy (non-hydrogen) atoms. The lowest BCUT2D eigenvalue weighted by molar-refractivity contribution is -0.121. The summed E-state index contributed by atoms with van der Waals surface area (Å²) in [6, 6.07) is 14.6. The fraction of sp³-hybridized carbons (Fsp3) is 0.423. The number of ether oxygens (including phenoxy) is 2. The molecule has 1 aliphatic rings. The van der Waals surface area contributed by atoms with Gasteiger partial charge in [0, 0.05) is 13.0 Å². The largest absolute Gasteiger partial charge is 0.495 e.